The Labute approximate surface area is 291 Å². The lowest BCUT2D eigenvalue weighted by atomic mass is 10.0. The van der Waals surface area contributed by atoms with Gasteiger partial charge in [-0.25, -0.2) is 0 Å². The standard InChI is InChI=1S/C42H77NO4/c1-3-5-7-9-11-13-15-17-18-19-20-21-22-24-25-27-29-31-33-35-39(45)37-42(47)43-40(38-44)41(46)36-34-32-30-28-26-23-16-14-12-10-8-6-4-2/h12,14,21-22,26,28,34,36,39-41,44-46H,3-11,13,15-20,23-25,27,29-33,35,37-38H2,1-2H3,(H,43,47)/b14-12+,22-21-,28-26+,36-34+. The van der Waals surface area contributed by atoms with E-state index in [1.165, 1.54) is 109 Å². The van der Waals surface area contributed by atoms with Crippen LogP contribution >= 0.6 is 0 Å². The Kier molecular flexibility index (Phi) is 35.8. The van der Waals surface area contributed by atoms with Gasteiger partial charge < -0.3 is 20.6 Å². The van der Waals surface area contributed by atoms with E-state index in [0.717, 1.165) is 51.4 Å². The highest BCUT2D eigenvalue weighted by Gasteiger charge is 2.20. The van der Waals surface area contributed by atoms with E-state index in [-0.39, 0.29) is 18.9 Å². The number of aliphatic hydroxyl groups is 3. The van der Waals surface area contributed by atoms with Crippen LogP contribution < -0.4 is 5.32 Å². The molecule has 0 aromatic heterocycles. The minimum atomic E-state index is -0.961. The highest BCUT2D eigenvalue weighted by molar-refractivity contribution is 5.76. The molecule has 0 spiro atoms. The fourth-order valence-corrected chi connectivity index (χ4v) is 5.72. The molecule has 0 aliphatic carbocycles. The van der Waals surface area contributed by atoms with E-state index in [0.29, 0.717) is 6.42 Å². The molecular formula is C42H77NO4. The molecule has 0 bridgehead atoms. The fraction of sp³-hybridized carbons (Fsp3) is 0.786. The van der Waals surface area contributed by atoms with E-state index < -0.39 is 18.2 Å². The summed E-state index contributed by atoms with van der Waals surface area (Å²) in [5, 5.41) is 33.0. The molecule has 0 heterocycles. The second kappa shape index (κ2) is 37.1. The van der Waals surface area contributed by atoms with Crippen LogP contribution in [0.5, 0.6) is 0 Å². The molecule has 274 valence electrons. The summed E-state index contributed by atoms with van der Waals surface area (Å²) in [5.41, 5.74) is 0. The zero-order valence-corrected chi connectivity index (χ0v) is 30.9. The van der Waals surface area contributed by atoms with Gasteiger partial charge in [0.15, 0.2) is 0 Å². The third kappa shape index (κ3) is 34.0. The molecule has 3 unspecified atom stereocenters. The summed E-state index contributed by atoms with van der Waals surface area (Å²) in [6.45, 7) is 4.15. The molecule has 4 N–H and O–H groups in total. The van der Waals surface area contributed by atoms with Crippen molar-refractivity contribution in [2.24, 2.45) is 0 Å². The molecule has 0 aromatic rings. The Hall–Kier alpha value is -1.69. The van der Waals surface area contributed by atoms with E-state index in [2.05, 4.69) is 55.6 Å². The monoisotopic (exact) mass is 660 g/mol. The fourth-order valence-electron chi connectivity index (χ4n) is 5.72. The van der Waals surface area contributed by atoms with E-state index in [1.54, 1.807) is 6.08 Å². The number of aliphatic hydroxyl groups excluding tert-OH is 3. The molecule has 5 nitrogen and oxygen atoms in total. The van der Waals surface area contributed by atoms with E-state index in [9.17, 15) is 20.1 Å². The van der Waals surface area contributed by atoms with Crippen LogP contribution in [0.25, 0.3) is 0 Å². The molecule has 0 fully saturated rings. The lowest BCUT2D eigenvalue weighted by molar-refractivity contribution is -0.124. The Morgan fingerprint density at radius 3 is 1.40 bits per heavy atom. The summed E-state index contributed by atoms with van der Waals surface area (Å²) < 4.78 is 0. The number of hydrogen-bond acceptors (Lipinski definition) is 4. The maximum Gasteiger partial charge on any atom is 0.222 e. The first kappa shape index (κ1) is 45.3. The van der Waals surface area contributed by atoms with Crippen LogP contribution in [0.3, 0.4) is 0 Å². The van der Waals surface area contributed by atoms with E-state index in [1.807, 2.05) is 6.08 Å². The van der Waals surface area contributed by atoms with Gasteiger partial charge in [-0.05, 0) is 70.6 Å². The highest BCUT2D eigenvalue weighted by atomic mass is 16.3. The summed E-state index contributed by atoms with van der Waals surface area (Å²) in [6.07, 6.45) is 46.7. The van der Waals surface area contributed by atoms with Gasteiger partial charge in [0, 0.05) is 0 Å². The molecule has 0 saturated heterocycles. The first-order valence-electron chi connectivity index (χ1n) is 19.9. The number of amides is 1. The lowest BCUT2D eigenvalue weighted by Crippen LogP contribution is -2.45. The summed E-state index contributed by atoms with van der Waals surface area (Å²) in [6, 6.07) is -0.769. The van der Waals surface area contributed by atoms with Crippen molar-refractivity contribution in [3.8, 4) is 0 Å². The van der Waals surface area contributed by atoms with Crippen molar-refractivity contribution in [1.29, 1.82) is 0 Å². The van der Waals surface area contributed by atoms with Crippen molar-refractivity contribution in [2.75, 3.05) is 6.61 Å². The zero-order valence-electron chi connectivity index (χ0n) is 30.9. The Morgan fingerprint density at radius 2 is 0.915 bits per heavy atom. The highest BCUT2D eigenvalue weighted by Crippen LogP contribution is 2.13. The predicted octanol–water partition coefficient (Wildman–Crippen LogP) is 11.0. The maximum atomic E-state index is 12.4. The first-order chi connectivity index (χ1) is 23.0. The van der Waals surface area contributed by atoms with E-state index >= 15 is 0 Å². The number of carbonyl (C=O) groups is 1. The molecule has 0 aliphatic heterocycles. The van der Waals surface area contributed by atoms with Crippen LogP contribution in [-0.4, -0.2) is 46.1 Å². The zero-order chi connectivity index (χ0) is 34.5. The molecule has 0 aliphatic rings. The van der Waals surface area contributed by atoms with Crippen molar-refractivity contribution in [2.45, 2.75) is 205 Å². The van der Waals surface area contributed by atoms with Crippen LogP contribution in [0.15, 0.2) is 48.6 Å². The quantitative estimate of drug-likeness (QED) is 0.0402. The topological polar surface area (TPSA) is 89.8 Å². The van der Waals surface area contributed by atoms with Crippen LogP contribution in [0, 0.1) is 0 Å². The Morgan fingerprint density at radius 1 is 0.532 bits per heavy atom. The molecule has 3 atom stereocenters. The van der Waals surface area contributed by atoms with E-state index in [4.69, 9.17) is 0 Å². The van der Waals surface area contributed by atoms with Gasteiger partial charge in [-0.1, -0.05) is 159 Å². The number of hydrogen-bond donors (Lipinski definition) is 4. The third-order valence-electron chi connectivity index (χ3n) is 8.82. The van der Waals surface area contributed by atoms with Gasteiger partial charge in [0.2, 0.25) is 5.91 Å². The number of unbranched alkanes of at least 4 members (excludes halogenated alkanes) is 20. The Bertz CT molecular complexity index is 775. The summed E-state index contributed by atoms with van der Waals surface area (Å²) >= 11 is 0. The minimum Gasteiger partial charge on any atom is -0.394 e. The molecule has 47 heavy (non-hydrogen) atoms. The number of allylic oxidation sites excluding steroid dienone is 7. The van der Waals surface area contributed by atoms with Gasteiger partial charge in [0.05, 0.1) is 31.3 Å². The number of carbonyl (C=O) groups excluding carboxylic acids is 1. The van der Waals surface area contributed by atoms with Crippen LogP contribution in [-0.2, 0) is 4.79 Å². The van der Waals surface area contributed by atoms with Gasteiger partial charge in [-0.15, -0.1) is 0 Å². The van der Waals surface area contributed by atoms with Crippen molar-refractivity contribution in [3.05, 3.63) is 48.6 Å². The lowest BCUT2D eigenvalue weighted by Gasteiger charge is -2.20. The van der Waals surface area contributed by atoms with Gasteiger partial charge in [-0.2, -0.15) is 0 Å². The van der Waals surface area contributed by atoms with Crippen LogP contribution in [0.4, 0.5) is 0 Å². The second-order valence-corrected chi connectivity index (χ2v) is 13.5. The van der Waals surface area contributed by atoms with Crippen molar-refractivity contribution >= 4 is 5.91 Å². The van der Waals surface area contributed by atoms with Crippen LogP contribution in [0.2, 0.25) is 0 Å². The number of rotatable bonds is 35. The molecule has 0 aromatic carbocycles. The molecule has 1 amide bonds. The summed E-state index contributed by atoms with van der Waals surface area (Å²) in [7, 11) is 0. The largest absolute Gasteiger partial charge is 0.394 e. The maximum absolute atomic E-state index is 12.4. The summed E-state index contributed by atoms with van der Waals surface area (Å²) in [4.78, 5) is 12.4. The van der Waals surface area contributed by atoms with Crippen LogP contribution in [0.1, 0.15) is 187 Å². The average molecular weight is 660 g/mol. The normalized spacial score (nSPS) is 14.2. The molecule has 0 radical (unpaired) electrons. The van der Waals surface area contributed by atoms with Crippen molar-refractivity contribution in [1.82, 2.24) is 5.32 Å². The van der Waals surface area contributed by atoms with Gasteiger partial charge in [-0.3, -0.25) is 4.79 Å². The van der Waals surface area contributed by atoms with Crippen molar-refractivity contribution < 1.29 is 20.1 Å². The predicted molar refractivity (Wildman–Crippen MR) is 204 cm³/mol. The Balaban J connectivity index is 3.76. The number of nitrogens with one attached hydrogen (secondary N) is 1. The van der Waals surface area contributed by atoms with Gasteiger partial charge in [0.25, 0.3) is 0 Å². The first-order valence-corrected chi connectivity index (χ1v) is 19.9. The molecule has 0 rings (SSSR count). The third-order valence-corrected chi connectivity index (χ3v) is 8.82. The smallest absolute Gasteiger partial charge is 0.222 e. The SMILES string of the molecule is CCCCC/C=C/CC/C=C/CC/C=C/C(O)C(CO)NC(=O)CC(O)CCCCCCC/C=C\CCCCCCCCCCCC. The minimum absolute atomic E-state index is 0.00446. The van der Waals surface area contributed by atoms with Crippen molar-refractivity contribution in [3.63, 3.8) is 0 Å². The average Bonchev–Trinajstić information content (AvgIpc) is 3.06. The van der Waals surface area contributed by atoms with Gasteiger partial charge >= 0.3 is 0 Å². The van der Waals surface area contributed by atoms with Gasteiger partial charge in [0.1, 0.15) is 0 Å². The molecule has 5 heteroatoms. The molecular weight excluding hydrogens is 582 g/mol. The molecule has 0 saturated carbocycles. The summed E-state index contributed by atoms with van der Waals surface area (Å²) in [5.74, 6) is -0.337. The second-order valence-electron chi connectivity index (χ2n) is 13.5.